The van der Waals surface area contributed by atoms with Gasteiger partial charge in [0.05, 0.1) is 12.5 Å². The van der Waals surface area contributed by atoms with Crippen molar-refractivity contribution in [3.63, 3.8) is 0 Å². The fourth-order valence-corrected chi connectivity index (χ4v) is 2.93. The molecule has 0 amide bonds. The third-order valence-electron chi connectivity index (χ3n) is 4.17. The molecule has 0 heterocycles. The third kappa shape index (κ3) is 2.15. The lowest BCUT2D eigenvalue weighted by molar-refractivity contribution is 0.418. The second-order valence-electron chi connectivity index (χ2n) is 5.30. The average molecular weight is 282 g/mol. The molecule has 0 bridgehead atoms. The van der Waals surface area contributed by atoms with E-state index in [4.69, 9.17) is 4.74 Å². The van der Waals surface area contributed by atoms with Gasteiger partial charge in [-0.05, 0) is 46.2 Å². The van der Waals surface area contributed by atoms with Crippen LogP contribution in [0.25, 0.3) is 21.5 Å². The first-order valence-corrected chi connectivity index (χ1v) is 7.40. The Morgan fingerprint density at radius 3 is 2.38 bits per heavy atom. The van der Waals surface area contributed by atoms with Crippen molar-refractivity contribution in [1.29, 1.82) is 0 Å². The topological polar surface area (TPSA) is 9.23 Å². The lowest BCUT2D eigenvalue weighted by Gasteiger charge is -2.13. The zero-order valence-corrected chi connectivity index (χ0v) is 12.7. The summed E-state index contributed by atoms with van der Waals surface area (Å²) in [5.41, 5.74) is 2.00. The van der Waals surface area contributed by atoms with E-state index in [-0.39, 0.29) is 5.82 Å². The molecule has 0 aliphatic rings. The number of halogens is 1. The van der Waals surface area contributed by atoms with E-state index in [1.807, 2.05) is 25.1 Å². The van der Waals surface area contributed by atoms with Crippen molar-refractivity contribution in [2.24, 2.45) is 0 Å². The van der Waals surface area contributed by atoms with Crippen LogP contribution in [-0.2, 0) is 12.8 Å². The molecular weight excluding hydrogens is 263 g/mol. The number of ether oxygens (including phenoxy) is 1. The Labute approximate surface area is 124 Å². The molecule has 0 fully saturated rings. The summed E-state index contributed by atoms with van der Waals surface area (Å²) in [5, 5.41) is 3.68. The molecule has 0 spiro atoms. The third-order valence-corrected chi connectivity index (χ3v) is 4.17. The molecule has 0 atom stereocenters. The van der Waals surface area contributed by atoms with Gasteiger partial charge in [0.25, 0.3) is 0 Å². The van der Waals surface area contributed by atoms with E-state index < -0.39 is 0 Å². The van der Waals surface area contributed by atoms with Gasteiger partial charge in [0, 0.05) is 0 Å². The highest BCUT2D eigenvalue weighted by Gasteiger charge is 2.14. The first-order valence-electron chi connectivity index (χ1n) is 7.40. The molecule has 0 aliphatic carbocycles. The number of benzene rings is 3. The minimum absolute atomic E-state index is 0.159. The highest BCUT2D eigenvalue weighted by Crippen LogP contribution is 2.36. The van der Waals surface area contributed by atoms with Crippen LogP contribution in [0, 0.1) is 5.82 Å². The molecule has 3 aromatic carbocycles. The van der Waals surface area contributed by atoms with Gasteiger partial charge in [-0.2, -0.15) is 0 Å². The van der Waals surface area contributed by atoms with E-state index in [9.17, 15) is 4.39 Å². The van der Waals surface area contributed by atoms with Gasteiger partial charge in [0.2, 0.25) is 0 Å². The van der Waals surface area contributed by atoms with Crippen LogP contribution in [0.15, 0.2) is 36.4 Å². The van der Waals surface area contributed by atoms with Crippen molar-refractivity contribution in [3.05, 3.63) is 53.3 Å². The summed E-state index contributed by atoms with van der Waals surface area (Å²) in [5.74, 6) is 0.451. The van der Waals surface area contributed by atoms with Crippen molar-refractivity contribution >= 4 is 21.5 Å². The number of aryl methyl sites for hydroxylation is 2. The van der Waals surface area contributed by atoms with Crippen molar-refractivity contribution in [2.75, 3.05) is 7.11 Å². The summed E-state index contributed by atoms with van der Waals surface area (Å²) in [7, 11) is 1.60. The van der Waals surface area contributed by atoms with E-state index >= 15 is 0 Å². The Balaban J connectivity index is 2.46. The van der Waals surface area contributed by atoms with Crippen molar-refractivity contribution < 1.29 is 9.13 Å². The number of hydrogen-bond donors (Lipinski definition) is 0. The number of methoxy groups -OCH3 is 1. The molecule has 3 rings (SSSR count). The van der Waals surface area contributed by atoms with E-state index in [1.54, 1.807) is 7.11 Å². The molecular formula is C19H19FO. The van der Waals surface area contributed by atoms with Gasteiger partial charge in [0.1, 0.15) is 11.6 Å². The molecule has 21 heavy (non-hydrogen) atoms. The number of fused-ring (bicyclic) bond motifs is 3. The molecule has 1 nitrogen and oxygen atoms in total. The fraction of sp³-hybridized carbons (Fsp3) is 0.263. The molecule has 0 saturated heterocycles. The first kappa shape index (κ1) is 13.9. The van der Waals surface area contributed by atoms with Gasteiger partial charge in [0.15, 0.2) is 0 Å². The summed E-state index contributed by atoms with van der Waals surface area (Å²) < 4.78 is 20.2. The summed E-state index contributed by atoms with van der Waals surface area (Å²) in [4.78, 5) is 0. The van der Waals surface area contributed by atoms with Gasteiger partial charge in [-0.15, -0.1) is 0 Å². The Kier molecular flexibility index (Phi) is 3.54. The lowest BCUT2D eigenvalue weighted by Crippen LogP contribution is -1.94. The molecule has 0 aromatic heterocycles. The molecule has 0 N–H and O–H groups in total. The fourth-order valence-electron chi connectivity index (χ4n) is 2.93. The van der Waals surface area contributed by atoms with Gasteiger partial charge in [-0.3, -0.25) is 0 Å². The van der Waals surface area contributed by atoms with Gasteiger partial charge in [-0.1, -0.05) is 44.2 Å². The number of hydrogen-bond acceptors (Lipinski definition) is 1. The van der Waals surface area contributed by atoms with Crippen molar-refractivity contribution in [1.82, 2.24) is 0 Å². The lowest BCUT2D eigenvalue weighted by atomic mass is 9.96. The van der Waals surface area contributed by atoms with Crippen LogP contribution < -0.4 is 4.74 Å². The zero-order valence-electron chi connectivity index (χ0n) is 12.7. The highest BCUT2D eigenvalue weighted by molar-refractivity contribution is 6.10. The standard InChI is InChI=1S/C19H19FO/c1-4-12-6-8-15-14(10-12)11-17(21-3)18-16(15)9-7-13(5-2)19(18)20/h6-11H,4-5H2,1-3H3. The van der Waals surface area contributed by atoms with Crippen LogP contribution in [0.4, 0.5) is 4.39 Å². The maximum absolute atomic E-state index is 14.7. The minimum Gasteiger partial charge on any atom is -0.496 e. The van der Waals surface area contributed by atoms with Crippen molar-refractivity contribution in [3.8, 4) is 5.75 Å². The second kappa shape index (κ2) is 5.36. The summed E-state index contributed by atoms with van der Waals surface area (Å²) in [6, 6.07) is 12.2. The van der Waals surface area contributed by atoms with Gasteiger partial charge < -0.3 is 4.74 Å². The quantitative estimate of drug-likeness (QED) is 0.595. The molecule has 0 saturated carbocycles. The molecule has 3 aromatic rings. The molecule has 0 unspecified atom stereocenters. The first-order chi connectivity index (χ1) is 10.2. The monoisotopic (exact) mass is 282 g/mol. The Hall–Kier alpha value is -2.09. The van der Waals surface area contributed by atoms with E-state index in [0.29, 0.717) is 17.6 Å². The van der Waals surface area contributed by atoms with E-state index in [2.05, 4.69) is 25.1 Å². The zero-order chi connectivity index (χ0) is 15.0. The van der Waals surface area contributed by atoms with Crippen LogP contribution in [0.5, 0.6) is 5.75 Å². The van der Waals surface area contributed by atoms with Crippen LogP contribution in [0.1, 0.15) is 25.0 Å². The Bertz CT molecular complexity index is 821. The largest absolute Gasteiger partial charge is 0.496 e. The SMILES string of the molecule is CCc1ccc2c(c1)cc(OC)c1c(F)c(CC)ccc12. The van der Waals surface area contributed by atoms with Crippen LogP contribution in [-0.4, -0.2) is 7.11 Å². The summed E-state index contributed by atoms with van der Waals surface area (Å²) in [6.45, 7) is 4.10. The maximum Gasteiger partial charge on any atom is 0.137 e. The second-order valence-corrected chi connectivity index (χ2v) is 5.30. The summed E-state index contributed by atoms with van der Waals surface area (Å²) >= 11 is 0. The van der Waals surface area contributed by atoms with Crippen LogP contribution in [0.2, 0.25) is 0 Å². The van der Waals surface area contributed by atoms with Crippen molar-refractivity contribution in [2.45, 2.75) is 26.7 Å². The Morgan fingerprint density at radius 2 is 1.71 bits per heavy atom. The highest BCUT2D eigenvalue weighted by atomic mass is 19.1. The molecule has 108 valence electrons. The molecule has 2 heteroatoms. The van der Waals surface area contributed by atoms with Gasteiger partial charge in [-0.25, -0.2) is 4.39 Å². The van der Waals surface area contributed by atoms with E-state index in [0.717, 1.165) is 28.1 Å². The van der Waals surface area contributed by atoms with E-state index in [1.165, 1.54) is 5.56 Å². The summed E-state index contributed by atoms with van der Waals surface area (Å²) in [6.07, 6.45) is 1.66. The van der Waals surface area contributed by atoms with Gasteiger partial charge >= 0.3 is 0 Å². The maximum atomic E-state index is 14.7. The van der Waals surface area contributed by atoms with Crippen LogP contribution in [0.3, 0.4) is 0 Å². The normalized spacial score (nSPS) is 11.2. The predicted octanol–water partition coefficient (Wildman–Crippen LogP) is 5.27. The van der Waals surface area contributed by atoms with Crippen LogP contribution >= 0.6 is 0 Å². The smallest absolute Gasteiger partial charge is 0.137 e. The Morgan fingerprint density at radius 1 is 0.952 bits per heavy atom. The number of rotatable bonds is 3. The average Bonchev–Trinajstić information content (AvgIpc) is 2.53. The predicted molar refractivity (Wildman–Crippen MR) is 86.7 cm³/mol. The minimum atomic E-state index is -0.159. The molecule has 0 aliphatic heterocycles. The molecule has 0 radical (unpaired) electrons.